The summed E-state index contributed by atoms with van der Waals surface area (Å²) in [5, 5.41) is 14.8. The Hall–Kier alpha value is -19.6. The van der Waals surface area contributed by atoms with Crippen molar-refractivity contribution in [1.82, 2.24) is 57.3 Å². The molecule has 0 saturated heterocycles. The zero-order chi connectivity index (χ0) is 94.8. The maximum Gasteiger partial charge on any atom is 0.0973 e. The van der Waals surface area contributed by atoms with Crippen molar-refractivity contribution in [3.05, 3.63) is 510 Å². The second-order valence-electron chi connectivity index (χ2n) is 36.8. The van der Waals surface area contributed by atoms with Gasteiger partial charge >= 0.3 is 0 Å². The summed E-state index contributed by atoms with van der Waals surface area (Å²) >= 11 is 0. The van der Waals surface area contributed by atoms with Crippen LogP contribution in [0.15, 0.2) is 510 Å². The Balaban J connectivity index is 0.000000106. The molecule has 0 aliphatic heterocycles. The summed E-state index contributed by atoms with van der Waals surface area (Å²) in [6, 6.07) is 178. The number of rotatable bonds is 12. The van der Waals surface area contributed by atoms with Gasteiger partial charge in [-0.2, -0.15) is 0 Å². The van der Waals surface area contributed by atoms with Crippen molar-refractivity contribution in [3.8, 4) is 102 Å². The summed E-state index contributed by atoms with van der Waals surface area (Å²) < 4.78 is 14.4. The monoisotopic (exact) mass is 1840 g/mol. The van der Waals surface area contributed by atoms with Crippen LogP contribution in [0.25, 0.3) is 265 Å². The average Bonchev–Trinajstić information content (AvgIpc) is 1.56. The van der Waals surface area contributed by atoms with Crippen molar-refractivity contribution < 1.29 is 0 Å². The molecular weight excluding hydrogens is 1750 g/mol. The van der Waals surface area contributed by atoms with Crippen molar-refractivity contribution in [2.45, 2.75) is 0 Å². The minimum Gasteiger partial charge on any atom is -0.309 e. The van der Waals surface area contributed by atoms with Gasteiger partial charge in [0, 0.05) is 127 Å². The molecule has 0 amide bonds. The van der Waals surface area contributed by atoms with Crippen LogP contribution in [0.3, 0.4) is 0 Å². The maximum atomic E-state index is 5.28. The lowest BCUT2D eigenvalue weighted by molar-refractivity contribution is 1.17. The Morgan fingerprint density at radius 2 is 0.333 bits per heavy atom. The highest BCUT2D eigenvalue weighted by molar-refractivity contribution is 6.23. The van der Waals surface area contributed by atoms with Gasteiger partial charge in [0.2, 0.25) is 0 Å². The van der Waals surface area contributed by atoms with Gasteiger partial charge in [-0.05, 0) is 193 Å². The first-order valence-electron chi connectivity index (χ1n) is 48.8. The van der Waals surface area contributed by atoms with E-state index >= 15 is 0 Å². The van der Waals surface area contributed by atoms with Gasteiger partial charge in [-0.25, -0.2) is 24.9 Å². The topological polar surface area (TPSA) is 107 Å². The van der Waals surface area contributed by atoms with Crippen molar-refractivity contribution in [2.24, 2.45) is 0 Å². The first-order chi connectivity index (χ1) is 71.4. The molecule has 144 heavy (non-hydrogen) atoms. The Morgan fingerprint density at radius 3 is 0.653 bits per heavy atom. The number of benzene rings is 21. The SMILES string of the molecule is c1ccc(-c2ccc(-c3nc4ccccc4nc3-c3cccc(-n4c5ccccc5c5cc6c(cc54)c4ccccc4n6-c4ccccc4)c3)cc2)cc1.c1ccc(-c2nc3ccccc3nc2-c2cccc(-n3c4ccccc4c4cc5c(cc43)c3ccccc3n5-c3ccccc3)c2)cc1.c1ccc(-n2c3ccccc3c3cc4c(cc32)c2ccccc2n4-c2cccc(-c3cnc4ccccc4n3)c2)cc1. The quantitative estimate of drug-likeness (QED) is 0.121. The lowest BCUT2D eigenvalue weighted by Gasteiger charge is -2.14. The van der Waals surface area contributed by atoms with E-state index in [1.54, 1.807) is 0 Å². The van der Waals surface area contributed by atoms with Gasteiger partial charge in [0.05, 0.1) is 134 Å². The van der Waals surface area contributed by atoms with Crippen LogP contribution < -0.4 is 0 Å². The van der Waals surface area contributed by atoms with Crippen LogP contribution in [-0.4, -0.2) is 57.3 Å². The predicted molar refractivity (Wildman–Crippen MR) is 597 cm³/mol. The van der Waals surface area contributed by atoms with E-state index in [-0.39, 0.29) is 0 Å². The smallest absolute Gasteiger partial charge is 0.0973 e. The molecule has 0 aliphatic rings. The molecule has 0 unspecified atom stereocenters. The molecule has 12 nitrogen and oxygen atoms in total. The van der Waals surface area contributed by atoms with Gasteiger partial charge in [-0.1, -0.05) is 322 Å². The van der Waals surface area contributed by atoms with E-state index in [4.69, 9.17) is 24.9 Å². The molecule has 30 aromatic rings. The fourth-order valence-electron chi connectivity index (χ4n) is 22.0. The standard InChI is InChI=1S/C50H32N4.C44H28N4.C38H24N4/c1-3-14-33(15-4-1)34-26-28-35(29-27-34)49-50(52-44-23-10-9-22-43(44)51-49)36-16-13-19-38(30-36)54-46-25-12-8-21-40(46)42-31-47-41(32-48(42)54)39-20-7-11-24-45(39)53(47)37-17-5-2-6-18-37;1-3-14-29(15-4-1)43-44(46-38-23-10-9-22-37(38)45-43)30-16-13-19-32(26-30)48-40-25-12-8-21-34(40)36-27-41-35(28-42(36)48)33-20-7-11-24-39(33)47(41)31-17-5-2-6-18-31;1-2-12-26(13-3-1)41-35-19-8-4-15-28(35)30-23-38-31(22-37(30)41)29-16-5-9-20-36(29)42(38)27-14-10-11-25(21-27)34-24-39-32-17-6-7-18-33(32)40-34/h1-32H;1-28H;1-24H. The lowest BCUT2D eigenvalue weighted by atomic mass is 9.99. The average molecular weight is 1840 g/mol. The third-order valence-electron chi connectivity index (χ3n) is 28.5. The number of hydrogen-bond acceptors (Lipinski definition) is 6. The molecule has 12 heteroatoms. The van der Waals surface area contributed by atoms with Gasteiger partial charge < -0.3 is 27.4 Å². The number of fused-ring (bicyclic) bond motifs is 21. The number of hydrogen-bond donors (Lipinski definition) is 0. The van der Waals surface area contributed by atoms with Crippen molar-refractivity contribution in [3.63, 3.8) is 0 Å². The van der Waals surface area contributed by atoms with E-state index in [0.717, 1.165) is 135 Å². The molecule has 672 valence electrons. The van der Waals surface area contributed by atoms with Gasteiger partial charge in [0.15, 0.2) is 0 Å². The van der Waals surface area contributed by atoms with Crippen molar-refractivity contribution >= 4 is 164 Å². The fraction of sp³-hybridized carbons (Fsp3) is 0. The summed E-state index contributed by atoms with van der Waals surface area (Å²) in [5.74, 6) is 0. The van der Waals surface area contributed by atoms with Crippen molar-refractivity contribution in [2.75, 3.05) is 0 Å². The summed E-state index contributed by atoms with van der Waals surface area (Å²) in [6.45, 7) is 0. The normalized spacial score (nSPS) is 11.8. The zero-order valence-electron chi connectivity index (χ0n) is 77.9. The summed E-state index contributed by atoms with van der Waals surface area (Å²) in [5.41, 5.74) is 38.1. The Kier molecular flexibility index (Phi) is 19.7. The van der Waals surface area contributed by atoms with E-state index in [0.29, 0.717) is 0 Å². The predicted octanol–water partition coefficient (Wildman–Crippen LogP) is 33.5. The van der Waals surface area contributed by atoms with Crippen LogP contribution >= 0.6 is 0 Å². The third-order valence-corrected chi connectivity index (χ3v) is 28.5. The zero-order valence-corrected chi connectivity index (χ0v) is 77.9. The van der Waals surface area contributed by atoms with E-state index in [1.165, 1.54) is 131 Å². The summed E-state index contributed by atoms with van der Waals surface area (Å²) in [4.78, 5) is 30.4. The van der Waals surface area contributed by atoms with Gasteiger partial charge in [-0.3, -0.25) is 4.98 Å². The minimum absolute atomic E-state index is 0.858. The van der Waals surface area contributed by atoms with Crippen LogP contribution in [0.2, 0.25) is 0 Å². The molecule has 0 spiro atoms. The van der Waals surface area contributed by atoms with Gasteiger partial charge in [0.25, 0.3) is 0 Å². The van der Waals surface area contributed by atoms with E-state index < -0.39 is 0 Å². The molecule has 9 heterocycles. The number of nitrogens with zero attached hydrogens (tertiary/aromatic N) is 12. The van der Waals surface area contributed by atoms with Crippen LogP contribution in [0.4, 0.5) is 0 Å². The molecular formula is C132H84N12. The molecule has 9 aromatic heterocycles. The van der Waals surface area contributed by atoms with Gasteiger partial charge in [-0.15, -0.1) is 0 Å². The van der Waals surface area contributed by atoms with E-state index in [1.807, 2.05) is 91.1 Å². The van der Waals surface area contributed by atoms with Gasteiger partial charge in [0.1, 0.15) is 0 Å². The largest absolute Gasteiger partial charge is 0.309 e. The third kappa shape index (κ3) is 13.9. The first-order valence-corrected chi connectivity index (χ1v) is 48.8. The Morgan fingerprint density at radius 1 is 0.125 bits per heavy atom. The highest BCUT2D eigenvalue weighted by atomic mass is 15.0. The molecule has 0 aliphatic carbocycles. The molecule has 0 bridgehead atoms. The number of para-hydroxylation sites is 15. The molecule has 0 saturated carbocycles. The fourth-order valence-corrected chi connectivity index (χ4v) is 22.0. The van der Waals surface area contributed by atoms with Crippen molar-refractivity contribution in [1.29, 1.82) is 0 Å². The molecule has 0 fully saturated rings. The van der Waals surface area contributed by atoms with E-state index in [9.17, 15) is 0 Å². The highest BCUT2D eigenvalue weighted by Crippen LogP contribution is 2.47. The highest BCUT2D eigenvalue weighted by Gasteiger charge is 2.26. The summed E-state index contributed by atoms with van der Waals surface area (Å²) in [6.07, 6.45) is 1.87. The molecule has 0 N–H and O–H groups in total. The number of aromatic nitrogens is 12. The maximum absolute atomic E-state index is 5.28. The first kappa shape index (κ1) is 82.7. The molecule has 0 radical (unpaired) electrons. The van der Waals surface area contributed by atoms with Crippen LogP contribution in [0.5, 0.6) is 0 Å². The van der Waals surface area contributed by atoms with Crippen LogP contribution in [0, 0.1) is 0 Å². The second kappa shape index (κ2) is 34.3. The second-order valence-corrected chi connectivity index (χ2v) is 36.8. The Bertz CT molecular complexity index is 10400. The minimum atomic E-state index is 0.858. The lowest BCUT2D eigenvalue weighted by Crippen LogP contribution is -1.98. The summed E-state index contributed by atoms with van der Waals surface area (Å²) in [7, 11) is 0. The molecule has 0 atom stereocenters. The molecule has 21 aromatic carbocycles. The molecule has 30 rings (SSSR count). The Labute approximate surface area is 826 Å². The van der Waals surface area contributed by atoms with Crippen LogP contribution in [-0.2, 0) is 0 Å². The van der Waals surface area contributed by atoms with Crippen LogP contribution in [0.1, 0.15) is 0 Å². The van der Waals surface area contributed by atoms with E-state index in [2.05, 4.69) is 451 Å².